The molecule has 4 rings (SSSR count). The first kappa shape index (κ1) is 16.2. The van der Waals surface area contributed by atoms with Gasteiger partial charge in [0, 0.05) is 25.4 Å². The Bertz CT molecular complexity index is 747. The van der Waals surface area contributed by atoms with E-state index in [0.29, 0.717) is 17.4 Å². The fourth-order valence-electron chi connectivity index (χ4n) is 3.50. The first-order valence-electron chi connectivity index (χ1n) is 9.11. The lowest BCUT2D eigenvalue weighted by Gasteiger charge is -2.31. The van der Waals surface area contributed by atoms with Crippen molar-refractivity contribution in [3.05, 3.63) is 47.3 Å². The zero-order valence-corrected chi connectivity index (χ0v) is 14.2. The number of carbonyl (C=O) groups excluding carboxylic acids is 1. The molecule has 0 spiro atoms. The highest BCUT2D eigenvalue weighted by Crippen LogP contribution is 2.37. The number of benzene rings is 1. The molecule has 0 radical (unpaired) electrons. The Hall–Kier alpha value is -2.24. The van der Waals surface area contributed by atoms with Gasteiger partial charge in [-0.3, -0.25) is 9.89 Å². The van der Waals surface area contributed by atoms with E-state index in [1.165, 1.54) is 18.9 Å². The molecule has 1 aliphatic carbocycles. The van der Waals surface area contributed by atoms with Crippen molar-refractivity contribution < 1.29 is 9.18 Å². The zero-order chi connectivity index (χ0) is 17.2. The van der Waals surface area contributed by atoms with Gasteiger partial charge >= 0.3 is 0 Å². The molecule has 2 heterocycles. The van der Waals surface area contributed by atoms with Gasteiger partial charge < -0.3 is 4.90 Å². The Morgan fingerprint density at radius 3 is 2.68 bits per heavy atom. The molecule has 1 aromatic carbocycles. The quantitative estimate of drug-likeness (QED) is 0.909. The first-order chi connectivity index (χ1) is 12.2. The minimum Gasteiger partial charge on any atom is -0.342 e. The van der Waals surface area contributed by atoms with Crippen LogP contribution in [0, 0.1) is 11.7 Å². The van der Waals surface area contributed by atoms with Crippen LogP contribution in [0.2, 0.25) is 0 Å². The van der Waals surface area contributed by atoms with Crippen molar-refractivity contribution in [2.45, 2.75) is 44.4 Å². The van der Waals surface area contributed by atoms with Crippen LogP contribution in [0.15, 0.2) is 24.3 Å². The number of halogens is 1. The van der Waals surface area contributed by atoms with E-state index in [0.717, 1.165) is 44.0 Å². The summed E-state index contributed by atoms with van der Waals surface area (Å²) in [4.78, 5) is 18.9. The predicted octanol–water partition coefficient (Wildman–Crippen LogP) is 2.85. The average Bonchev–Trinajstić information content (AvgIpc) is 3.37. The average molecular weight is 342 g/mol. The lowest BCUT2D eigenvalue weighted by molar-refractivity contribution is -0.131. The van der Waals surface area contributed by atoms with Crippen LogP contribution < -0.4 is 0 Å². The Kier molecular flexibility index (Phi) is 4.51. The Labute approximate surface area is 146 Å². The van der Waals surface area contributed by atoms with Crippen molar-refractivity contribution in [3.63, 3.8) is 0 Å². The summed E-state index contributed by atoms with van der Waals surface area (Å²) in [6, 6.07) is 6.50. The SMILES string of the molecule is O=C(Cc1ccccc1F)N1CCC(Cc2nc(C3CC3)n[nH]2)CC1. The second kappa shape index (κ2) is 6.94. The van der Waals surface area contributed by atoms with Crippen molar-refractivity contribution in [2.24, 2.45) is 5.92 Å². The number of amides is 1. The third-order valence-electron chi connectivity index (χ3n) is 5.24. The number of carbonyl (C=O) groups is 1. The van der Waals surface area contributed by atoms with Gasteiger partial charge in [-0.05, 0) is 43.2 Å². The smallest absolute Gasteiger partial charge is 0.227 e. The van der Waals surface area contributed by atoms with Crippen LogP contribution in [0.3, 0.4) is 0 Å². The van der Waals surface area contributed by atoms with Crippen LogP contribution in [0.5, 0.6) is 0 Å². The summed E-state index contributed by atoms with van der Waals surface area (Å²) in [7, 11) is 0. The van der Waals surface area contributed by atoms with Crippen LogP contribution in [0.25, 0.3) is 0 Å². The molecule has 5 nitrogen and oxygen atoms in total. The molecular weight excluding hydrogens is 319 g/mol. The predicted molar refractivity (Wildman–Crippen MR) is 91.5 cm³/mol. The molecule has 1 saturated heterocycles. The number of hydrogen-bond donors (Lipinski definition) is 1. The van der Waals surface area contributed by atoms with Crippen molar-refractivity contribution in [2.75, 3.05) is 13.1 Å². The molecule has 6 heteroatoms. The van der Waals surface area contributed by atoms with Gasteiger partial charge in [-0.1, -0.05) is 18.2 Å². The van der Waals surface area contributed by atoms with Crippen molar-refractivity contribution in [1.82, 2.24) is 20.1 Å². The Morgan fingerprint density at radius 2 is 1.96 bits per heavy atom. The van der Waals surface area contributed by atoms with Gasteiger partial charge in [0.1, 0.15) is 11.6 Å². The topological polar surface area (TPSA) is 61.9 Å². The fraction of sp³-hybridized carbons (Fsp3) is 0.526. The molecule has 1 aromatic heterocycles. The summed E-state index contributed by atoms with van der Waals surface area (Å²) in [5.41, 5.74) is 0.476. The number of rotatable bonds is 5. The van der Waals surface area contributed by atoms with Crippen LogP contribution in [0.4, 0.5) is 4.39 Å². The maximum Gasteiger partial charge on any atom is 0.227 e. The van der Waals surface area contributed by atoms with Gasteiger partial charge in [0.05, 0.1) is 6.42 Å². The monoisotopic (exact) mass is 342 g/mol. The summed E-state index contributed by atoms with van der Waals surface area (Å²) in [5, 5.41) is 7.37. The lowest BCUT2D eigenvalue weighted by atomic mass is 9.93. The molecule has 1 saturated carbocycles. The number of nitrogens with one attached hydrogen (secondary N) is 1. The third-order valence-corrected chi connectivity index (χ3v) is 5.24. The number of aromatic nitrogens is 3. The van der Waals surface area contributed by atoms with Gasteiger partial charge in [-0.15, -0.1) is 0 Å². The van der Waals surface area contributed by atoms with E-state index in [9.17, 15) is 9.18 Å². The summed E-state index contributed by atoms with van der Waals surface area (Å²) in [6.07, 6.45) is 5.38. The van der Waals surface area contributed by atoms with Gasteiger partial charge in [0.15, 0.2) is 5.82 Å². The number of nitrogens with zero attached hydrogens (tertiary/aromatic N) is 3. The molecule has 0 bridgehead atoms. The molecule has 132 valence electrons. The van der Waals surface area contributed by atoms with E-state index in [1.807, 2.05) is 4.90 Å². The minimum atomic E-state index is -0.303. The first-order valence-corrected chi connectivity index (χ1v) is 9.11. The van der Waals surface area contributed by atoms with Crippen molar-refractivity contribution in [3.8, 4) is 0 Å². The van der Waals surface area contributed by atoms with Crippen LogP contribution >= 0.6 is 0 Å². The summed E-state index contributed by atoms with van der Waals surface area (Å²) in [6.45, 7) is 1.48. The summed E-state index contributed by atoms with van der Waals surface area (Å²) < 4.78 is 13.7. The Balaban J connectivity index is 1.27. The number of H-pyrrole nitrogens is 1. The lowest BCUT2D eigenvalue weighted by Crippen LogP contribution is -2.39. The zero-order valence-electron chi connectivity index (χ0n) is 14.2. The second-order valence-electron chi connectivity index (χ2n) is 7.21. The molecule has 0 unspecified atom stereocenters. The highest BCUT2D eigenvalue weighted by molar-refractivity contribution is 5.78. The van der Waals surface area contributed by atoms with Crippen molar-refractivity contribution in [1.29, 1.82) is 0 Å². The van der Waals surface area contributed by atoms with Gasteiger partial charge in [0.25, 0.3) is 0 Å². The number of hydrogen-bond acceptors (Lipinski definition) is 3. The molecule has 2 fully saturated rings. The van der Waals surface area contributed by atoms with E-state index < -0.39 is 0 Å². The largest absolute Gasteiger partial charge is 0.342 e. The third kappa shape index (κ3) is 3.89. The van der Waals surface area contributed by atoms with Gasteiger partial charge in [0.2, 0.25) is 5.91 Å². The van der Waals surface area contributed by atoms with Crippen molar-refractivity contribution >= 4 is 5.91 Å². The van der Waals surface area contributed by atoms with E-state index in [-0.39, 0.29) is 18.1 Å². The highest BCUT2D eigenvalue weighted by atomic mass is 19.1. The van der Waals surface area contributed by atoms with Crippen LogP contribution in [-0.4, -0.2) is 39.1 Å². The fourth-order valence-corrected chi connectivity index (χ4v) is 3.50. The molecule has 1 amide bonds. The van der Waals surface area contributed by atoms with E-state index >= 15 is 0 Å². The maximum atomic E-state index is 13.7. The minimum absolute atomic E-state index is 0.0132. The summed E-state index contributed by atoms with van der Waals surface area (Å²) in [5.74, 6) is 2.74. The van der Waals surface area contributed by atoms with Gasteiger partial charge in [-0.2, -0.15) is 5.10 Å². The summed E-state index contributed by atoms with van der Waals surface area (Å²) >= 11 is 0. The molecule has 1 aliphatic heterocycles. The normalized spacial score (nSPS) is 18.5. The number of likely N-dealkylation sites (tertiary alicyclic amines) is 1. The molecule has 2 aliphatic rings. The van der Waals surface area contributed by atoms with E-state index in [1.54, 1.807) is 18.2 Å². The molecular formula is C19H23FN4O. The number of piperidine rings is 1. The van der Waals surface area contributed by atoms with Gasteiger partial charge in [-0.25, -0.2) is 9.37 Å². The molecule has 1 N–H and O–H groups in total. The second-order valence-corrected chi connectivity index (χ2v) is 7.21. The Morgan fingerprint density at radius 1 is 1.20 bits per heavy atom. The van der Waals surface area contributed by atoms with E-state index in [4.69, 9.17) is 0 Å². The molecule has 0 atom stereocenters. The highest BCUT2D eigenvalue weighted by Gasteiger charge is 2.29. The van der Waals surface area contributed by atoms with Crippen LogP contribution in [-0.2, 0) is 17.6 Å². The molecule has 25 heavy (non-hydrogen) atoms. The standard InChI is InChI=1S/C19H23FN4O/c20-16-4-2-1-3-15(16)12-18(25)24-9-7-13(8-10-24)11-17-21-19(23-22-17)14-5-6-14/h1-4,13-14H,5-12H2,(H,21,22,23). The maximum absolute atomic E-state index is 13.7. The van der Waals surface area contributed by atoms with Crippen LogP contribution in [0.1, 0.15) is 48.8 Å². The van der Waals surface area contributed by atoms with E-state index in [2.05, 4.69) is 15.2 Å². The number of aromatic amines is 1. The molecule has 2 aromatic rings.